The van der Waals surface area contributed by atoms with Crippen molar-refractivity contribution in [2.24, 2.45) is 5.92 Å². The second kappa shape index (κ2) is 7.80. The number of carbonyl (C=O) groups excluding carboxylic acids is 1. The molecule has 1 aliphatic rings. The van der Waals surface area contributed by atoms with Gasteiger partial charge in [-0.1, -0.05) is 49.6 Å². The Balaban J connectivity index is 2.02. The molecule has 1 fully saturated rings. The molecule has 1 aromatic rings. The van der Waals surface area contributed by atoms with Crippen LogP contribution in [0.3, 0.4) is 0 Å². The summed E-state index contributed by atoms with van der Waals surface area (Å²) >= 11 is 0. The standard InChI is InChI=1S/C17H22N2O2/c1-21-16(14-10-6-3-7-11-14)17(20)19-15(12-18)13-8-4-2-5-9-13/h3,6-7,10-11,13,15-16H,2,4-5,8-9H2,1H3,(H,19,20). The minimum absolute atomic E-state index is 0.235. The first-order chi connectivity index (χ1) is 10.3. The van der Waals surface area contributed by atoms with Crippen molar-refractivity contribution in [3.05, 3.63) is 35.9 Å². The SMILES string of the molecule is COC(C(=O)NC(C#N)C1CCCCC1)c1ccccc1. The normalized spacial score (nSPS) is 18.5. The van der Waals surface area contributed by atoms with Crippen LogP contribution in [0.4, 0.5) is 0 Å². The predicted octanol–water partition coefficient (Wildman–Crippen LogP) is 2.96. The molecule has 1 aromatic carbocycles. The minimum Gasteiger partial charge on any atom is -0.367 e. The third kappa shape index (κ3) is 4.05. The van der Waals surface area contributed by atoms with E-state index in [0.717, 1.165) is 31.2 Å². The molecule has 0 radical (unpaired) electrons. The largest absolute Gasteiger partial charge is 0.367 e. The number of hydrogen-bond acceptors (Lipinski definition) is 3. The topological polar surface area (TPSA) is 62.1 Å². The Bertz CT molecular complexity index is 489. The molecule has 2 atom stereocenters. The minimum atomic E-state index is -0.661. The molecule has 112 valence electrons. The van der Waals surface area contributed by atoms with Crippen LogP contribution in [0.5, 0.6) is 0 Å². The summed E-state index contributed by atoms with van der Waals surface area (Å²) in [5.41, 5.74) is 0.804. The Hall–Kier alpha value is -1.86. The zero-order valence-corrected chi connectivity index (χ0v) is 12.4. The van der Waals surface area contributed by atoms with Gasteiger partial charge in [0.1, 0.15) is 6.04 Å². The molecule has 2 unspecified atom stereocenters. The highest BCUT2D eigenvalue weighted by Gasteiger charge is 2.28. The maximum absolute atomic E-state index is 12.4. The summed E-state index contributed by atoms with van der Waals surface area (Å²) in [5, 5.41) is 12.2. The number of carbonyl (C=O) groups is 1. The van der Waals surface area contributed by atoms with E-state index in [1.807, 2.05) is 30.3 Å². The van der Waals surface area contributed by atoms with Crippen molar-refractivity contribution in [3.8, 4) is 6.07 Å². The van der Waals surface area contributed by atoms with Gasteiger partial charge in [0.15, 0.2) is 6.10 Å². The first-order valence-corrected chi connectivity index (χ1v) is 7.54. The van der Waals surface area contributed by atoms with Gasteiger partial charge in [-0.3, -0.25) is 4.79 Å². The molecule has 0 spiro atoms. The first-order valence-electron chi connectivity index (χ1n) is 7.54. The molecule has 0 aliphatic heterocycles. The van der Waals surface area contributed by atoms with Crippen molar-refractivity contribution >= 4 is 5.91 Å². The van der Waals surface area contributed by atoms with Crippen LogP contribution < -0.4 is 5.32 Å². The molecule has 1 aliphatic carbocycles. The number of amides is 1. The highest BCUT2D eigenvalue weighted by atomic mass is 16.5. The van der Waals surface area contributed by atoms with Gasteiger partial charge in [-0.25, -0.2) is 0 Å². The number of nitriles is 1. The molecular weight excluding hydrogens is 264 g/mol. The first kappa shape index (κ1) is 15.5. The van der Waals surface area contributed by atoms with Gasteiger partial charge in [-0.15, -0.1) is 0 Å². The van der Waals surface area contributed by atoms with Crippen molar-refractivity contribution in [1.29, 1.82) is 5.26 Å². The second-order valence-corrected chi connectivity index (χ2v) is 5.54. The lowest BCUT2D eigenvalue weighted by Gasteiger charge is -2.27. The van der Waals surface area contributed by atoms with Crippen LogP contribution in [0.15, 0.2) is 30.3 Å². The van der Waals surface area contributed by atoms with Gasteiger partial charge in [0.2, 0.25) is 0 Å². The quantitative estimate of drug-likeness (QED) is 0.905. The van der Waals surface area contributed by atoms with Crippen molar-refractivity contribution in [1.82, 2.24) is 5.32 Å². The summed E-state index contributed by atoms with van der Waals surface area (Å²) < 4.78 is 5.31. The molecule has 4 nitrogen and oxygen atoms in total. The summed E-state index contributed by atoms with van der Waals surface area (Å²) in [5.74, 6) is 0.0294. The summed E-state index contributed by atoms with van der Waals surface area (Å²) in [6.07, 6.45) is 4.89. The smallest absolute Gasteiger partial charge is 0.254 e. The fourth-order valence-corrected chi connectivity index (χ4v) is 2.97. The van der Waals surface area contributed by atoms with E-state index in [4.69, 9.17) is 4.74 Å². The van der Waals surface area contributed by atoms with Crippen molar-refractivity contribution in [3.63, 3.8) is 0 Å². The molecule has 21 heavy (non-hydrogen) atoms. The van der Waals surface area contributed by atoms with E-state index in [1.165, 1.54) is 13.5 Å². The van der Waals surface area contributed by atoms with Crippen LogP contribution in [-0.4, -0.2) is 19.1 Å². The number of ether oxygens (including phenoxy) is 1. The summed E-state index contributed by atoms with van der Waals surface area (Å²) in [6.45, 7) is 0. The second-order valence-electron chi connectivity index (χ2n) is 5.54. The highest BCUT2D eigenvalue weighted by molar-refractivity contribution is 5.82. The molecular formula is C17H22N2O2. The average molecular weight is 286 g/mol. The predicted molar refractivity (Wildman–Crippen MR) is 80.3 cm³/mol. The van der Waals surface area contributed by atoms with Crippen molar-refractivity contribution in [2.45, 2.75) is 44.2 Å². The van der Waals surface area contributed by atoms with Gasteiger partial charge in [-0.05, 0) is 24.3 Å². The Morgan fingerprint density at radius 1 is 1.29 bits per heavy atom. The average Bonchev–Trinajstić information content (AvgIpc) is 2.55. The van der Waals surface area contributed by atoms with Crippen LogP contribution >= 0.6 is 0 Å². The Morgan fingerprint density at radius 2 is 1.95 bits per heavy atom. The molecule has 0 heterocycles. The number of methoxy groups -OCH3 is 1. The van der Waals surface area contributed by atoms with Gasteiger partial charge >= 0.3 is 0 Å². The summed E-state index contributed by atoms with van der Waals surface area (Å²) in [6, 6.07) is 11.2. The maximum atomic E-state index is 12.4. The Morgan fingerprint density at radius 3 is 2.52 bits per heavy atom. The van der Waals surface area contributed by atoms with Gasteiger partial charge in [0.25, 0.3) is 5.91 Å². The van der Waals surface area contributed by atoms with Gasteiger partial charge in [0.05, 0.1) is 6.07 Å². The van der Waals surface area contributed by atoms with Crippen LogP contribution in [0.25, 0.3) is 0 Å². The molecule has 1 amide bonds. The molecule has 1 N–H and O–H groups in total. The molecule has 0 aromatic heterocycles. The Kier molecular flexibility index (Phi) is 5.77. The lowest BCUT2D eigenvalue weighted by Crippen LogP contribution is -2.42. The van der Waals surface area contributed by atoms with E-state index in [-0.39, 0.29) is 11.8 Å². The van der Waals surface area contributed by atoms with E-state index in [9.17, 15) is 10.1 Å². The zero-order valence-electron chi connectivity index (χ0n) is 12.4. The number of rotatable bonds is 5. The zero-order chi connectivity index (χ0) is 15.1. The highest BCUT2D eigenvalue weighted by Crippen LogP contribution is 2.27. The molecule has 4 heteroatoms. The van der Waals surface area contributed by atoms with E-state index in [0.29, 0.717) is 0 Å². The molecule has 2 rings (SSSR count). The fraction of sp³-hybridized carbons (Fsp3) is 0.529. The number of nitrogens with one attached hydrogen (secondary N) is 1. The van der Waals surface area contributed by atoms with E-state index >= 15 is 0 Å². The van der Waals surface area contributed by atoms with Crippen LogP contribution in [-0.2, 0) is 9.53 Å². The fourth-order valence-electron chi connectivity index (χ4n) is 2.97. The van der Waals surface area contributed by atoms with Crippen LogP contribution in [0, 0.1) is 17.2 Å². The van der Waals surface area contributed by atoms with Gasteiger partial charge in [0, 0.05) is 7.11 Å². The number of nitrogens with zero attached hydrogens (tertiary/aromatic N) is 1. The lowest BCUT2D eigenvalue weighted by molar-refractivity contribution is -0.132. The van der Waals surface area contributed by atoms with Crippen LogP contribution in [0.1, 0.15) is 43.8 Å². The maximum Gasteiger partial charge on any atom is 0.254 e. The molecule has 0 saturated heterocycles. The van der Waals surface area contributed by atoms with E-state index in [2.05, 4.69) is 11.4 Å². The van der Waals surface area contributed by atoms with E-state index in [1.54, 1.807) is 0 Å². The third-order valence-corrected chi connectivity index (χ3v) is 4.13. The van der Waals surface area contributed by atoms with Gasteiger partial charge < -0.3 is 10.1 Å². The van der Waals surface area contributed by atoms with Crippen molar-refractivity contribution in [2.75, 3.05) is 7.11 Å². The van der Waals surface area contributed by atoms with Crippen LogP contribution in [0.2, 0.25) is 0 Å². The Labute approximate surface area is 126 Å². The monoisotopic (exact) mass is 286 g/mol. The molecule has 0 bridgehead atoms. The molecule has 1 saturated carbocycles. The van der Waals surface area contributed by atoms with Gasteiger partial charge in [-0.2, -0.15) is 5.26 Å². The summed E-state index contributed by atoms with van der Waals surface area (Å²) in [4.78, 5) is 12.4. The lowest BCUT2D eigenvalue weighted by atomic mass is 9.84. The van der Waals surface area contributed by atoms with E-state index < -0.39 is 12.1 Å². The number of hydrogen-bond donors (Lipinski definition) is 1. The third-order valence-electron chi connectivity index (χ3n) is 4.13. The van der Waals surface area contributed by atoms with Crippen molar-refractivity contribution < 1.29 is 9.53 Å². The summed E-state index contributed by atoms with van der Waals surface area (Å²) in [7, 11) is 1.51. The number of benzene rings is 1.